The maximum atomic E-state index is 12.4. The first-order valence-corrected chi connectivity index (χ1v) is 9.28. The molecular formula is C19H28N4O3. The van der Waals surface area contributed by atoms with Gasteiger partial charge in [0.05, 0.1) is 6.04 Å². The fourth-order valence-electron chi connectivity index (χ4n) is 3.98. The molecule has 0 spiro atoms. The molecule has 0 aromatic heterocycles. The number of amides is 3. The van der Waals surface area contributed by atoms with Gasteiger partial charge in [0.25, 0.3) is 0 Å². The van der Waals surface area contributed by atoms with Crippen LogP contribution < -0.4 is 15.4 Å². The number of carbonyl (C=O) groups excluding carboxylic acids is 2. The van der Waals surface area contributed by atoms with Gasteiger partial charge >= 0.3 is 6.03 Å². The summed E-state index contributed by atoms with van der Waals surface area (Å²) >= 11 is 0. The number of urea groups is 1. The summed E-state index contributed by atoms with van der Waals surface area (Å²) in [6.45, 7) is 2.16. The number of hydrogen-bond acceptors (Lipinski definition) is 4. The second-order valence-corrected chi connectivity index (χ2v) is 6.89. The van der Waals surface area contributed by atoms with E-state index in [-0.39, 0.29) is 24.1 Å². The van der Waals surface area contributed by atoms with Crippen molar-refractivity contribution in [2.24, 2.45) is 0 Å². The molecule has 26 heavy (non-hydrogen) atoms. The van der Waals surface area contributed by atoms with E-state index >= 15 is 0 Å². The zero-order valence-electron chi connectivity index (χ0n) is 15.5. The number of hydrogen-bond donors (Lipinski definition) is 2. The van der Waals surface area contributed by atoms with Gasteiger partial charge in [-0.15, -0.1) is 0 Å². The Labute approximate surface area is 154 Å². The minimum absolute atomic E-state index is 0.00308. The van der Waals surface area contributed by atoms with Crippen LogP contribution in [0.1, 0.15) is 19.3 Å². The quantitative estimate of drug-likeness (QED) is 0.842. The Morgan fingerprint density at radius 1 is 1.08 bits per heavy atom. The molecular weight excluding hydrogens is 332 g/mol. The van der Waals surface area contributed by atoms with E-state index in [2.05, 4.69) is 15.5 Å². The second-order valence-electron chi connectivity index (χ2n) is 6.89. The fourth-order valence-corrected chi connectivity index (χ4v) is 3.98. The average Bonchev–Trinajstić information content (AvgIpc) is 3.11. The van der Waals surface area contributed by atoms with Crippen molar-refractivity contribution in [2.45, 2.75) is 37.5 Å². The Balaban J connectivity index is 1.64. The number of para-hydroxylation sites is 1. The number of nitrogens with zero attached hydrogens (tertiary/aromatic N) is 2. The van der Waals surface area contributed by atoms with Crippen LogP contribution in [0.3, 0.4) is 0 Å². The number of rotatable bonds is 4. The van der Waals surface area contributed by atoms with E-state index in [4.69, 9.17) is 4.74 Å². The summed E-state index contributed by atoms with van der Waals surface area (Å²) < 4.78 is 6.10. The van der Waals surface area contributed by atoms with Crippen molar-refractivity contribution in [3.63, 3.8) is 0 Å². The standard InChI is InChI=1S/C19H28N4O3/c1-20-18(24)17-12-16(26-15-6-4-3-5-7-15)13-23(17)14-8-10-22(11-9-14)19(25)21-2/h3-7,14,16-17H,8-13H2,1-2H3,(H,20,24)(H,21,25)/t16-,17-/m0/s1. The first-order valence-electron chi connectivity index (χ1n) is 9.28. The molecule has 2 atom stereocenters. The van der Waals surface area contributed by atoms with Crippen LogP contribution in [0.4, 0.5) is 4.79 Å². The van der Waals surface area contributed by atoms with Crippen molar-refractivity contribution >= 4 is 11.9 Å². The highest BCUT2D eigenvalue weighted by Crippen LogP contribution is 2.29. The Kier molecular flexibility index (Phi) is 5.98. The third-order valence-corrected chi connectivity index (χ3v) is 5.33. The predicted octanol–water partition coefficient (Wildman–Crippen LogP) is 1.06. The van der Waals surface area contributed by atoms with Gasteiger partial charge in [0.1, 0.15) is 11.9 Å². The van der Waals surface area contributed by atoms with Crippen molar-refractivity contribution in [1.29, 1.82) is 0 Å². The van der Waals surface area contributed by atoms with Crippen LogP contribution in [0.5, 0.6) is 5.75 Å². The lowest BCUT2D eigenvalue weighted by Crippen LogP contribution is -2.52. The van der Waals surface area contributed by atoms with E-state index in [1.807, 2.05) is 35.2 Å². The molecule has 0 radical (unpaired) electrons. The second kappa shape index (κ2) is 8.40. The summed E-state index contributed by atoms with van der Waals surface area (Å²) in [4.78, 5) is 28.3. The zero-order valence-corrected chi connectivity index (χ0v) is 15.5. The molecule has 3 amide bonds. The fraction of sp³-hybridized carbons (Fsp3) is 0.579. The van der Waals surface area contributed by atoms with E-state index in [1.54, 1.807) is 14.1 Å². The Morgan fingerprint density at radius 2 is 1.77 bits per heavy atom. The molecule has 2 aliphatic heterocycles. The normalized spacial score (nSPS) is 24.3. The van der Waals surface area contributed by atoms with Gasteiger partial charge in [-0.1, -0.05) is 18.2 Å². The molecule has 2 aliphatic rings. The van der Waals surface area contributed by atoms with Crippen molar-refractivity contribution in [3.05, 3.63) is 30.3 Å². The highest BCUT2D eigenvalue weighted by molar-refractivity contribution is 5.82. The molecule has 142 valence electrons. The summed E-state index contributed by atoms with van der Waals surface area (Å²) in [6.07, 6.45) is 2.43. The number of likely N-dealkylation sites (tertiary alicyclic amines) is 2. The van der Waals surface area contributed by atoms with Crippen LogP contribution in [0.2, 0.25) is 0 Å². The molecule has 1 aromatic rings. The van der Waals surface area contributed by atoms with Gasteiger partial charge < -0.3 is 20.3 Å². The van der Waals surface area contributed by atoms with Gasteiger partial charge in [-0.3, -0.25) is 9.69 Å². The van der Waals surface area contributed by atoms with Gasteiger partial charge in [0.15, 0.2) is 0 Å². The molecule has 7 heteroatoms. The predicted molar refractivity (Wildman–Crippen MR) is 99.1 cm³/mol. The molecule has 7 nitrogen and oxygen atoms in total. The number of benzene rings is 1. The largest absolute Gasteiger partial charge is 0.489 e. The van der Waals surface area contributed by atoms with Crippen molar-refractivity contribution in [3.8, 4) is 5.75 Å². The molecule has 2 N–H and O–H groups in total. The Bertz CT molecular complexity index is 616. The van der Waals surface area contributed by atoms with Crippen molar-refractivity contribution < 1.29 is 14.3 Å². The SMILES string of the molecule is CNC(=O)[C@@H]1C[C@H](Oc2ccccc2)CN1C1CCN(C(=O)NC)CC1. The summed E-state index contributed by atoms with van der Waals surface area (Å²) in [5, 5.41) is 5.46. The van der Waals surface area contributed by atoms with Gasteiger partial charge in [-0.05, 0) is 25.0 Å². The molecule has 2 saturated heterocycles. The topological polar surface area (TPSA) is 73.9 Å². The van der Waals surface area contributed by atoms with Crippen LogP contribution >= 0.6 is 0 Å². The molecule has 0 unspecified atom stereocenters. The molecule has 0 saturated carbocycles. The minimum atomic E-state index is -0.176. The molecule has 2 fully saturated rings. The van der Waals surface area contributed by atoms with Gasteiger partial charge in [-0.25, -0.2) is 4.79 Å². The van der Waals surface area contributed by atoms with Gasteiger partial charge in [-0.2, -0.15) is 0 Å². The molecule has 2 heterocycles. The average molecular weight is 360 g/mol. The van der Waals surface area contributed by atoms with Gasteiger partial charge in [0, 0.05) is 46.2 Å². The number of nitrogens with one attached hydrogen (secondary N) is 2. The minimum Gasteiger partial charge on any atom is -0.489 e. The lowest BCUT2D eigenvalue weighted by atomic mass is 10.0. The highest BCUT2D eigenvalue weighted by Gasteiger charge is 2.42. The van der Waals surface area contributed by atoms with Crippen LogP contribution in [0.25, 0.3) is 0 Å². The molecule has 1 aromatic carbocycles. The number of piperidine rings is 1. The maximum Gasteiger partial charge on any atom is 0.317 e. The summed E-state index contributed by atoms with van der Waals surface area (Å²) in [7, 11) is 3.34. The summed E-state index contributed by atoms with van der Waals surface area (Å²) in [5.41, 5.74) is 0. The highest BCUT2D eigenvalue weighted by atomic mass is 16.5. The molecule has 3 rings (SSSR count). The third kappa shape index (κ3) is 4.09. The summed E-state index contributed by atoms with van der Waals surface area (Å²) in [6, 6.07) is 9.84. The third-order valence-electron chi connectivity index (χ3n) is 5.33. The van der Waals surface area contributed by atoms with E-state index in [1.165, 1.54) is 0 Å². The monoisotopic (exact) mass is 360 g/mol. The Morgan fingerprint density at radius 3 is 2.38 bits per heavy atom. The van der Waals surface area contributed by atoms with Crippen molar-refractivity contribution in [1.82, 2.24) is 20.4 Å². The van der Waals surface area contributed by atoms with Crippen LogP contribution in [0.15, 0.2) is 30.3 Å². The lowest BCUT2D eigenvalue weighted by molar-refractivity contribution is -0.126. The molecule has 0 aliphatic carbocycles. The number of carbonyl (C=O) groups is 2. The first-order chi connectivity index (χ1) is 12.6. The first kappa shape index (κ1) is 18.5. The number of ether oxygens (including phenoxy) is 1. The summed E-state index contributed by atoms with van der Waals surface area (Å²) in [5.74, 6) is 0.877. The lowest BCUT2D eigenvalue weighted by Gasteiger charge is -2.38. The molecule has 0 bridgehead atoms. The van der Waals surface area contributed by atoms with Crippen LogP contribution in [0, 0.1) is 0 Å². The van der Waals surface area contributed by atoms with E-state index in [0.29, 0.717) is 25.6 Å². The van der Waals surface area contributed by atoms with Gasteiger partial charge in [0.2, 0.25) is 5.91 Å². The van der Waals surface area contributed by atoms with E-state index in [0.717, 1.165) is 25.1 Å². The zero-order chi connectivity index (χ0) is 18.5. The smallest absolute Gasteiger partial charge is 0.317 e. The van der Waals surface area contributed by atoms with Crippen LogP contribution in [-0.4, -0.2) is 73.7 Å². The van der Waals surface area contributed by atoms with Crippen LogP contribution in [-0.2, 0) is 4.79 Å². The maximum absolute atomic E-state index is 12.4. The number of likely N-dealkylation sites (N-methyl/N-ethyl adjacent to an activating group) is 1. The van der Waals surface area contributed by atoms with E-state index < -0.39 is 0 Å². The van der Waals surface area contributed by atoms with E-state index in [9.17, 15) is 9.59 Å². The van der Waals surface area contributed by atoms with Crippen molar-refractivity contribution in [2.75, 3.05) is 33.7 Å². The Hall–Kier alpha value is -2.28.